The molecule has 0 N–H and O–H groups in total. The van der Waals surface area contributed by atoms with E-state index in [1.54, 1.807) is 29.2 Å². The third-order valence-corrected chi connectivity index (χ3v) is 9.43. The second kappa shape index (κ2) is 8.61. The summed E-state index contributed by atoms with van der Waals surface area (Å²) in [7, 11) is 0.349. The molecule has 1 fully saturated rings. The zero-order valence-corrected chi connectivity index (χ0v) is 20.8. The molecule has 1 aromatic heterocycles. The molecule has 0 unspecified atom stereocenters. The maximum absolute atomic E-state index is 13.2. The Labute approximate surface area is 202 Å². The minimum atomic E-state index is -3.65. The van der Waals surface area contributed by atoms with Crippen LogP contribution < -0.4 is 0 Å². The Balaban J connectivity index is 1.28. The number of nitrogens with zero attached hydrogens (tertiary/aromatic N) is 5. The molecule has 3 heterocycles. The van der Waals surface area contributed by atoms with Crippen LogP contribution in [0.2, 0.25) is 5.02 Å². The molecular weight excluding hydrogens is 482 g/mol. The molecule has 33 heavy (non-hydrogen) atoms. The zero-order valence-electron chi connectivity index (χ0n) is 18.4. The van der Waals surface area contributed by atoms with Crippen LogP contribution in [0.15, 0.2) is 41.3 Å². The van der Waals surface area contributed by atoms with Gasteiger partial charge in [0.1, 0.15) is 0 Å². The smallest absolute Gasteiger partial charge is 0.282 e. The first-order valence-electron chi connectivity index (χ1n) is 10.6. The van der Waals surface area contributed by atoms with Crippen molar-refractivity contribution in [2.75, 3.05) is 40.3 Å². The summed E-state index contributed by atoms with van der Waals surface area (Å²) in [6, 6.07) is 10.4. The van der Waals surface area contributed by atoms with E-state index in [0.29, 0.717) is 29.7 Å². The topological polar surface area (TPSA) is 77.1 Å². The monoisotopic (exact) mass is 505 g/mol. The fourth-order valence-corrected chi connectivity index (χ4v) is 6.88. The van der Waals surface area contributed by atoms with Crippen molar-refractivity contribution in [1.82, 2.24) is 24.2 Å². The van der Waals surface area contributed by atoms with Crippen molar-refractivity contribution in [1.29, 1.82) is 0 Å². The number of rotatable bonds is 3. The number of benzene rings is 2. The molecule has 3 aromatic rings. The molecule has 11 heteroatoms. The summed E-state index contributed by atoms with van der Waals surface area (Å²) in [5, 5.41) is 6.96. The van der Waals surface area contributed by atoms with Crippen LogP contribution in [-0.2, 0) is 23.1 Å². The fraction of sp³-hybridized carbons (Fsp3) is 0.364. The average Bonchev–Trinajstić information content (AvgIpc) is 3.21. The largest absolute Gasteiger partial charge is 0.334 e. The standard InChI is InChI=1S/C22H24ClN5O3S2/c1-25-13-19-20(14-26(25)2)32-21(24-19)22(29)27-7-9-28(10-8-27)33(30,31)18-6-4-15-11-17(23)5-3-16(15)12-18/h3-6,11-12H,7-10,13-14H2,1-2H3. The highest BCUT2D eigenvalue weighted by atomic mass is 35.5. The van der Waals surface area contributed by atoms with Gasteiger partial charge in [-0.25, -0.2) is 23.4 Å². The van der Waals surface area contributed by atoms with Crippen molar-refractivity contribution >= 4 is 49.6 Å². The molecule has 5 rings (SSSR count). The number of carbonyl (C=O) groups is 1. The summed E-state index contributed by atoms with van der Waals surface area (Å²) < 4.78 is 27.9. The second-order valence-corrected chi connectivity index (χ2v) is 11.8. The first-order chi connectivity index (χ1) is 15.7. The summed E-state index contributed by atoms with van der Waals surface area (Å²) in [6.07, 6.45) is 0. The number of thiazole rings is 1. The van der Waals surface area contributed by atoms with Gasteiger partial charge < -0.3 is 4.90 Å². The highest BCUT2D eigenvalue weighted by molar-refractivity contribution is 7.89. The van der Waals surface area contributed by atoms with E-state index in [0.717, 1.165) is 27.9 Å². The van der Waals surface area contributed by atoms with E-state index < -0.39 is 10.0 Å². The third kappa shape index (κ3) is 4.27. The van der Waals surface area contributed by atoms with Gasteiger partial charge in [-0.1, -0.05) is 23.7 Å². The number of fused-ring (bicyclic) bond motifs is 2. The maximum Gasteiger partial charge on any atom is 0.282 e. The lowest BCUT2D eigenvalue weighted by Gasteiger charge is -2.33. The van der Waals surface area contributed by atoms with Gasteiger partial charge in [-0.3, -0.25) is 4.79 Å². The highest BCUT2D eigenvalue weighted by Gasteiger charge is 2.32. The summed E-state index contributed by atoms with van der Waals surface area (Å²) in [5.74, 6) is -0.126. The van der Waals surface area contributed by atoms with Crippen molar-refractivity contribution in [3.63, 3.8) is 0 Å². The molecule has 2 aliphatic heterocycles. The Morgan fingerprint density at radius 3 is 2.39 bits per heavy atom. The Kier molecular flexibility index (Phi) is 5.92. The lowest BCUT2D eigenvalue weighted by Crippen LogP contribution is -2.50. The maximum atomic E-state index is 13.2. The molecule has 1 saturated heterocycles. The van der Waals surface area contributed by atoms with E-state index >= 15 is 0 Å². The van der Waals surface area contributed by atoms with Gasteiger partial charge in [0.05, 0.1) is 17.1 Å². The molecular formula is C22H24ClN5O3S2. The van der Waals surface area contributed by atoms with Gasteiger partial charge >= 0.3 is 0 Å². The Hall–Kier alpha value is -2.08. The number of sulfonamides is 1. The van der Waals surface area contributed by atoms with Gasteiger partial charge in [0.15, 0.2) is 5.01 Å². The van der Waals surface area contributed by atoms with E-state index in [9.17, 15) is 13.2 Å². The van der Waals surface area contributed by atoms with Crippen molar-refractivity contribution < 1.29 is 13.2 Å². The van der Waals surface area contributed by atoms with Crippen molar-refractivity contribution in [2.45, 2.75) is 18.0 Å². The van der Waals surface area contributed by atoms with Gasteiger partial charge in [-0.15, -0.1) is 11.3 Å². The Morgan fingerprint density at radius 1 is 0.970 bits per heavy atom. The lowest BCUT2D eigenvalue weighted by atomic mass is 10.1. The number of halogens is 1. The van der Waals surface area contributed by atoms with Crippen molar-refractivity contribution in [3.8, 4) is 0 Å². The van der Waals surface area contributed by atoms with Gasteiger partial charge in [0.2, 0.25) is 10.0 Å². The van der Waals surface area contributed by atoms with Crippen LogP contribution in [0.25, 0.3) is 10.8 Å². The van der Waals surface area contributed by atoms with E-state index in [4.69, 9.17) is 11.6 Å². The fourth-order valence-electron chi connectivity index (χ4n) is 4.16. The lowest BCUT2D eigenvalue weighted by molar-refractivity contribution is -0.00172. The molecule has 0 bridgehead atoms. The van der Waals surface area contributed by atoms with Crippen LogP contribution in [-0.4, -0.2) is 78.8 Å². The summed E-state index contributed by atoms with van der Waals surface area (Å²) in [4.78, 5) is 20.7. The van der Waals surface area contributed by atoms with E-state index in [1.165, 1.54) is 15.6 Å². The summed E-state index contributed by atoms with van der Waals surface area (Å²) in [5.41, 5.74) is 0.947. The van der Waals surface area contributed by atoms with Gasteiger partial charge in [-0.05, 0) is 35.0 Å². The summed E-state index contributed by atoms with van der Waals surface area (Å²) in [6.45, 7) is 2.60. The molecule has 0 aliphatic carbocycles. The third-order valence-electron chi connectivity index (χ3n) is 6.23. The van der Waals surface area contributed by atoms with Gasteiger partial charge in [0, 0.05) is 56.7 Å². The van der Waals surface area contributed by atoms with Gasteiger partial charge in [-0.2, -0.15) is 4.31 Å². The molecule has 0 radical (unpaired) electrons. The van der Waals surface area contributed by atoms with Crippen LogP contribution in [0, 0.1) is 0 Å². The molecule has 2 aromatic carbocycles. The highest BCUT2D eigenvalue weighted by Crippen LogP contribution is 2.28. The SMILES string of the molecule is CN1Cc2nc(C(=O)N3CCN(S(=O)(=O)c4ccc5cc(Cl)ccc5c4)CC3)sc2CN1C. The number of aromatic nitrogens is 1. The quantitative estimate of drug-likeness (QED) is 0.544. The summed E-state index contributed by atoms with van der Waals surface area (Å²) >= 11 is 7.47. The van der Waals surface area contributed by atoms with E-state index in [1.807, 2.05) is 26.2 Å². The second-order valence-electron chi connectivity index (χ2n) is 8.37. The molecule has 2 aliphatic rings. The Bertz CT molecular complexity index is 1310. The molecule has 0 atom stereocenters. The zero-order chi connectivity index (χ0) is 23.3. The van der Waals surface area contributed by atoms with Crippen molar-refractivity contribution in [2.24, 2.45) is 0 Å². The van der Waals surface area contributed by atoms with Crippen LogP contribution >= 0.6 is 22.9 Å². The predicted octanol–water partition coefficient (Wildman–Crippen LogP) is 2.89. The number of amides is 1. The molecule has 1 amide bonds. The molecule has 0 spiro atoms. The van der Waals surface area contributed by atoms with Crippen LogP contribution in [0.5, 0.6) is 0 Å². The van der Waals surface area contributed by atoms with Gasteiger partial charge in [0.25, 0.3) is 5.91 Å². The Morgan fingerprint density at radius 2 is 1.64 bits per heavy atom. The van der Waals surface area contributed by atoms with E-state index in [2.05, 4.69) is 15.0 Å². The van der Waals surface area contributed by atoms with E-state index in [-0.39, 0.29) is 23.9 Å². The average molecular weight is 506 g/mol. The van der Waals surface area contributed by atoms with Crippen LogP contribution in [0.1, 0.15) is 20.4 Å². The first kappa shape index (κ1) is 22.7. The van der Waals surface area contributed by atoms with Crippen LogP contribution in [0.3, 0.4) is 0 Å². The molecule has 0 saturated carbocycles. The molecule has 8 nitrogen and oxygen atoms in total. The number of hydrogen-bond acceptors (Lipinski definition) is 7. The molecule has 174 valence electrons. The normalized spacial score (nSPS) is 18.6. The number of piperazine rings is 1. The number of hydrogen-bond donors (Lipinski definition) is 0. The first-order valence-corrected chi connectivity index (χ1v) is 13.3. The minimum Gasteiger partial charge on any atom is -0.334 e. The van der Waals surface area contributed by atoms with Crippen LogP contribution in [0.4, 0.5) is 0 Å². The number of carbonyl (C=O) groups excluding carboxylic acids is 1. The minimum absolute atomic E-state index is 0.126. The van der Waals surface area contributed by atoms with Crippen molar-refractivity contribution in [3.05, 3.63) is 57.0 Å². The number of hydrazine groups is 1. The predicted molar refractivity (Wildman–Crippen MR) is 129 cm³/mol.